The molecular weight excluding hydrogens is 262 g/mol. The average molecular weight is 287 g/mol. The molecule has 0 aromatic rings. The zero-order valence-electron chi connectivity index (χ0n) is 12.6. The summed E-state index contributed by atoms with van der Waals surface area (Å²) < 4.78 is 9.88. The number of amides is 2. The molecule has 1 atom stereocenters. The number of carbonyl (C=O) groups excluding carboxylic acids is 2. The van der Waals surface area contributed by atoms with Crippen molar-refractivity contribution >= 4 is 18.4 Å². The molecule has 0 saturated heterocycles. The first kappa shape index (κ1) is 18.2. The van der Waals surface area contributed by atoms with Gasteiger partial charge in [0.05, 0.1) is 7.11 Å². The Labute approximate surface area is 119 Å². The topological polar surface area (TPSA) is 101 Å². The number of ether oxygens (including phenoxy) is 2. The van der Waals surface area contributed by atoms with Crippen LogP contribution in [0.5, 0.6) is 0 Å². The van der Waals surface area contributed by atoms with Gasteiger partial charge < -0.3 is 20.1 Å². The van der Waals surface area contributed by atoms with Gasteiger partial charge in [-0.3, -0.25) is 10.2 Å². The van der Waals surface area contributed by atoms with E-state index in [-0.39, 0.29) is 5.90 Å². The highest BCUT2D eigenvalue weighted by molar-refractivity contribution is 5.80. The zero-order chi connectivity index (χ0) is 15.6. The molecule has 7 nitrogen and oxygen atoms in total. The molecule has 0 bridgehead atoms. The van der Waals surface area contributed by atoms with E-state index in [9.17, 15) is 9.59 Å². The van der Waals surface area contributed by atoms with Crippen molar-refractivity contribution in [3.05, 3.63) is 0 Å². The van der Waals surface area contributed by atoms with Gasteiger partial charge >= 0.3 is 6.09 Å². The van der Waals surface area contributed by atoms with Gasteiger partial charge in [0.2, 0.25) is 12.3 Å². The Morgan fingerprint density at radius 2 is 2.00 bits per heavy atom. The van der Waals surface area contributed by atoms with Crippen molar-refractivity contribution in [2.75, 3.05) is 13.7 Å². The van der Waals surface area contributed by atoms with Gasteiger partial charge in [0, 0.05) is 6.54 Å². The summed E-state index contributed by atoms with van der Waals surface area (Å²) in [6.07, 6.45) is 2.17. The van der Waals surface area contributed by atoms with Crippen LogP contribution in [0.1, 0.15) is 40.0 Å². The first-order valence-corrected chi connectivity index (χ1v) is 6.59. The number of alkyl carbamates (subject to hydrolysis) is 1. The van der Waals surface area contributed by atoms with Crippen LogP contribution < -0.4 is 10.6 Å². The van der Waals surface area contributed by atoms with E-state index >= 15 is 0 Å². The molecule has 0 aromatic heterocycles. The van der Waals surface area contributed by atoms with Crippen molar-refractivity contribution < 1.29 is 19.1 Å². The van der Waals surface area contributed by atoms with E-state index in [1.54, 1.807) is 20.8 Å². The summed E-state index contributed by atoms with van der Waals surface area (Å²) in [5, 5.41) is 12.7. The Kier molecular flexibility index (Phi) is 8.35. The Balaban J connectivity index is 3.81. The number of hydrogen-bond acceptors (Lipinski definition) is 5. The molecule has 0 heterocycles. The Morgan fingerprint density at radius 1 is 1.35 bits per heavy atom. The second-order valence-electron chi connectivity index (χ2n) is 5.33. The SMILES string of the molecule is COC(=N)[C@@H](CCCCNC(=O)OC(C)(C)C)NC=O. The fraction of sp³-hybridized carbons (Fsp3) is 0.769. The predicted molar refractivity (Wildman–Crippen MR) is 75.8 cm³/mol. The second-order valence-corrected chi connectivity index (χ2v) is 5.33. The van der Waals surface area contributed by atoms with Crippen LogP contribution in [-0.2, 0) is 14.3 Å². The molecule has 7 heteroatoms. The fourth-order valence-electron chi connectivity index (χ4n) is 1.49. The molecule has 0 aliphatic rings. The molecular formula is C13H25N3O4. The summed E-state index contributed by atoms with van der Waals surface area (Å²) in [5.74, 6) is 0.0252. The third kappa shape index (κ3) is 9.18. The molecule has 0 rings (SSSR count). The van der Waals surface area contributed by atoms with Gasteiger partial charge in [-0.05, 0) is 40.0 Å². The highest BCUT2D eigenvalue weighted by atomic mass is 16.6. The molecule has 0 radical (unpaired) electrons. The molecule has 20 heavy (non-hydrogen) atoms. The van der Waals surface area contributed by atoms with Gasteiger partial charge in [0.25, 0.3) is 0 Å². The zero-order valence-corrected chi connectivity index (χ0v) is 12.6. The molecule has 0 spiro atoms. The highest BCUT2D eigenvalue weighted by Crippen LogP contribution is 2.07. The monoisotopic (exact) mass is 287 g/mol. The molecule has 0 aromatic carbocycles. The smallest absolute Gasteiger partial charge is 0.407 e. The van der Waals surface area contributed by atoms with E-state index in [1.807, 2.05) is 0 Å². The fourth-order valence-corrected chi connectivity index (χ4v) is 1.49. The van der Waals surface area contributed by atoms with Crippen LogP contribution in [0.2, 0.25) is 0 Å². The summed E-state index contributed by atoms with van der Waals surface area (Å²) in [4.78, 5) is 21.8. The van der Waals surface area contributed by atoms with Crippen molar-refractivity contribution in [1.29, 1.82) is 5.41 Å². The average Bonchev–Trinajstić information content (AvgIpc) is 2.34. The van der Waals surface area contributed by atoms with Gasteiger partial charge in [-0.2, -0.15) is 0 Å². The second kappa shape index (κ2) is 9.17. The minimum atomic E-state index is -0.503. The van der Waals surface area contributed by atoms with Gasteiger partial charge in [0.1, 0.15) is 11.6 Å². The maximum Gasteiger partial charge on any atom is 0.407 e. The van der Waals surface area contributed by atoms with Crippen LogP contribution in [0.3, 0.4) is 0 Å². The molecule has 0 unspecified atom stereocenters. The first-order chi connectivity index (χ1) is 9.30. The number of unbranched alkanes of at least 4 members (excludes halogenated alkanes) is 1. The van der Waals surface area contributed by atoms with E-state index < -0.39 is 17.7 Å². The summed E-state index contributed by atoms with van der Waals surface area (Å²) >= 11 is 0. The van der Waals surface area contributed by atoms with Crippen LogP contribution in [0, 0.1) is 5.41 Å². The van der Waals surface area contributed by atoms with Crippen molar-refractivity contribution in [3.8, 4) is 0 Å². The van der Waals surface area contributed by atoms with Crippen LogP contribution in [0.25, 0.3) is 0 Å². The normalized spacial score (nSPS) is 12.2. The third-order valence-electron chi connectivity index (χ3n) is 2.39. The van der Waals surface area contributed by atoms with Gasteiger partial charge in [-0.25, -0.2) is 4.79 Å². The predicted octanol–water partition coefficient (Wildman–Crippen LogP) is 1.42. The molecule has 3 N–H and O–H groups in total. The number of methoxy groups -OCH3 is 1. The van der Waals surface area contributed by atoms with Crippen molar-refractivity contribution in [2.45, 2.75) is 51.7 Å². The molecule has 116 valence electrons. The Morgan fingerprint density at radius 3 is 2.50 bits per heavy atom. The molecule has 0 aliphatic carbocycles. The number of hydrogen-bond donors (Lipinski definition) is 3. The number of rotatable bonds is 8. The minimum absolute atomic E-state index is 0.0252. The van der Waals surface area contributed by atoms with E-state index in [1.165, 1.54) is 7.11 Å². The van der Waals surface area contributed by atoms with Crippen LogP contribution in [-0.4, -0.2) is 43.7 Å². The van der Waals surface area contributed by atoms with Crippen LogP contribution in [0.15, 0.2) is 0 Å². The summed E-state index contributed by atoms with van der Waals surface area (Å²) in [7, 11) is 1.39. The van der Waals surface area contributed by atoms with Gasteiger partial charge in [-0.15, -0.1) is 0 Å². The van der Waals surface area contributed by atoms with Crippen LogP contribution >= 0.6 is 0 Å². The number of carbonyl (C=O) groups is 2. The van der Waals surface area contributed by atoms with Crippen molar-refractivity contribution in [3.63, 3.8) is 0 Å². The first-order valence-electron chi connectivity index (χ1n) is 6.59. The summed E-state index contributed by atoms with van der Waals surface area (Å²) in [6.45, 7) is 5.90. The number of nitrogens with one attached hydrogen (secondary N) is 3. The molecule has 0 fully saturated rings. The highest BCUT2D eigenvalue weighted by Gasteiger charge is 2.16. The van der Waals surface area contributed by atoms with E-state index in [2.05, 4.69) is 10.6 Å². The van der Waals surface area contributed by atoms with E-state index in [0.29, 0.717) is 19.4 Å². The maximum absolute atomic E-state index is 11.4. The lowest BCUT2D eigenvalue weighted by atomic mass is 10.1. The summed E-state index contributed by atoms with van der Waals surface area (Å²) in [6, 6.07) is -0.418. The Bertz CT molecular complexity index is 326. The van der Waals surface area contributed by atoms with E-state index in [0.717, 1.165) is 12.8 Å². The molecule has 0 aliphatic heterocycles. The summed E-state index contributed by atoms with van der Waals surface area (Å²) in [5.41, 5.74) is -0.503. The largest absolute Gasteiger partial charge is 0.483 e. The lowest BCUT2D eigenvalue weighted by Crippen LogP contribution is -2.36. The van der Waals surface area contributed by atoms with Gasteiger partial charge in [0.15, 0.2) is 0 Å². The van der Waals surface area contributed by atoms with Gasteiger partial charge in [-0.1, -0.05) is 0 Å². The standard InChI is InChI=1S/C13H25N3O4/c1-13(2,3)20-12(18)15-8-6-5-7-10(16-9-17)11(14)19-4/h9-10,14H,5-8H2,1-4H3,(H,15,18)(H,16,17)/t10-/m1/s1. The molecule has 0 saturated carbocycles. The van der Waals surface area contributed by atoms with Crippen molar-refractivity contribution in [1.82, 2.24) is 10.6 Å². The third-order valence-corrected chi connectivity index (χ3v) is 2.39. The maximum atomic E-state index is 11.4. The molecule has 2 amide bonds. The quantitative estimate of drug-likeness (QED) is 0.272. The van der Waals surface area contributed by atoms with Crippen molar-refractivity contribution in [2.24, 2.45) is 0 Å². The van der Waals surface area contributed by atoms with Crippen LogP contribution in [0.4, 0.5) is 4.79 Å². The lowest BCUT2D eigenvalue weighted by Gasteiger charge is -2.19. The Hall–Kier alpha value is -1.79. The lowest BCUT2D eigenvalue weighted by molar-refractivity contribution is -0.109. The van der Waals surface area contributed by atoms with E-state index in [4.69, 9.17) is 14.9 Å². The minimum Gasteiger partial charge on any atom is -0.483 e.